The van der Waals surface area contributed by atoms with Crippen LogP contribution in [0, 0.1) is 0 Å². The molecule has 2 aliphatic rings. The second kappa shape index (κ2) is 15.1. The van der Waals surface area contributed by atoms with E-state index in [0.29, 0.717) is 5.92 Å². The Bertz CT molecular complexity index is 2680. The van der Waals surface area contributed by atoms with Gasteiger partial charge in [0.25, 0.3) is 0 Å². The van der Waals surface area contributed by atoms with E-state index in [0.717, 1.165) is 17.1 Å². The van der Waals surface area contributed by atoms with Gasteiger partial charge in [-0.1, -0.05) is 191 Å². The highest BCUT2D eigenvalue weighted by Gasteiger charge is 2.37. The van der Waals surface area contributed by atoms with E-state index in [1.165, 1.54) is 104 Å². The van der Waals surface area contributed by atoms with E-state index in [4.69, 9.17) is 0 Å². The Balaban J connectivity index is 1.05. The molecule has 58 heavy (non-hydrogen) atoms. The third-order valence-electron chi connectivity index (χ3n) is 12.9. The fraction of sp³-hybridized carbons (Fsp3) is 0.158. The molecule has 0 unspecified atom stereocenters. The molecule has 0 atom stereocenters. The van der Waals surface area contributed by atoms with Crippen LogP contribution in [0.25, 0.3) is 55.6 Å². The Labute approximate surface area is 344 Å². The lowest BCUT2D eigenvalue weighted by Crippen LogP contribution is -2.16. The van der Waals surface area contributed by atoms with Crippen LogP contribution in [-0.4, -0.2) is 0 Å². The maximum absolute atomic E-state index is 2.45. The van der Waals surface area contributed by atoms with Crippen LogP contribution in [0.2, 0.25) is 0 Å². The van der Waals surface area contributed by atoms with Crippen molar-refractivity contribution in [3.8, 4) is 55.6 Å². The van der Waals surface area contributed by atoms with Crippen LogP contribution in [0.5, 0.6) is 0 Å². The average molecular weight is 748 g/mol. The topological polar surface area (TPSA) is 3.24 Å². The summed E-state index contributed by atoms with van der Waals surface area (Å²) in [5.74, 6) is 0.715. The van der Waals surface area contributed by atoms with Gasteiger partial charge in [-0.3, -0.25) is 0 Å². The van der Waals surface area contributed by atoms with Crippen molar-refractivity contribution in [1.82, 2.24) is 0 Å². The van der Waals surface area contributed by atoms with Crippen LogP contribution < -0.4 is 4.90 Å². The number of benzene rings is 8. The van der Waals surface area contributed by atoms with Gasteiger partial charge in [-0.05, 0) is 127 Å². The molecule has 0 heterocycles. The Morgan fingerprint density at radius 1 is 0.379 bits per heavy atom. The smallest absolute Gasteiger partial charge is 0.0465 e. The van der Waals surface area contributed by atoms with Gasteiger partial charge in [0.15, 0.2) is 0 Å². The summed E-state index contributed by atoms with van der Waals surface area (Å²) >= 11 is 0. The minimum absolute atomic E-state index is 0.157. The molecule has 282 valence electrons. The quantitative estimate of drug-likeness (QED) is 0.150. The number of nitrogens with zero attached hydrogens (tertiary/aromatic N) is 1. The van der Waals surface area contributed by atoms with Crippen LogP contribution in [-0.2, 0) is 5.41 Å². The monoisotopic (exact) mass is 747 g/mol. The van der Waals surface area contributed by atoms with Gasteiger partial charge in [-0.25, -0.2) is 0 Å². The van der Waals surface area contributed by atoms with E-state index in [-0.39, 0.29) is 5.41 Å². The first-order valence-electron chi connectivity index (χ1n) is 21.1. The molecule has 0 radical (unpaired) electrons. The zero-order valence-electron chi connectivity index (χ0n) is 33.5. The zero-order valence-corrected chi connectivity index (χ0v) is 33.5. The summed E-state index contributed by atoms with van der Waals surface area (Å²) in [5.41, 5.74) is 20.1. The standard InChI is InChI=1S/C57H49N/c1-57(2)54-24-14-23-52(45-19-10-5-11-20-45)56(54)53-38-37-49(39-55(53)57)58(47-33-29-43(30-34-47)42-27-25-41(26-28-42)40-15-6-3-7-16-40)48-35-31-46(32-36-48)51-22-13-12-21-50(51)44-17-8-4-9-18-44/h4-5,8-14,17-40H,3,6-7,15-16H2,1-2H3. The van der Waals surface area contributed by atoms with Crippen LogP contribution in [0.1, 0.15) is 68.6 Å². The van der Waals surface area contributed by atoms with E-state index < -0.39 is 0 Å². The van der Waals surface area contributed by atoms with Gasteiger partial charge in [0.05, 0.1) is 0 Å². The molecule has 1 fully saturated rings. The lowest BCUT2D eigenvalue weighted by atomic mass is 9.81. The molecule has 1 heteroatoms. The lowest BCUT2D eigenvalue weighted by Gasteiger charge is -2.28. The Hall–Kier alpha value is -6.44. The summed E-state index contributed by atoms with van der Waals surface area (Å²) in [4.78, 5) is 2.43. The second-order valence-electron chi connectivity index (χ2n) is 16.7. The van der Waals surface area contributed by atoms with E-state index in [2.05, 4.69) is 213 Å². The fourth-order valence-corrected chi connectivity index (χ4v) is 9.80. The molecule has 0 saturated heterocycles. The SMILES string of the molecule is CC1(C)c2cc(N(c3ccc(-c4ccc(C5CCCCC5)cc4)cc3)c3ccc(-c4ccccc4-c4ccccc4)cc3)ccc2-c2c(-c3ccccc3)cccc21. The van der Waals surface area contributed by atoms with Crippen molar-refractivity contribution in [1.29, 1.82) is 0 Å². The predicted molar refractivity (Wildman–Crippen MR) is 246 cm³/mol. The van der Waals surface area contributed by atoms with Crippen molar-refractivity contribution in [3.63, 3.8) is 0 Å². The zero-order chi connectivity index (χ0) is 39.1. The largest absolute Gasteiger partial charge is 0.310 e. The van der Waals surface area contributed by atoms with Crippen LogP contribution in [0.3, 0.4) is 0 Å². The predicted octanol–water partition coefficient (Wildman–Crippen LogP) is 16.2. The Morgan fingerprint density at radius 3 is 1.47 bits per heavy atom. The Morgan fingerprint density at radius 2 is 0.862 bits per heavy atom. The number of fused-ring (bicyclic) bond motifs is 3. The molecule has 1 nitrogen and oxygen atoms in total. The van der Waals surface area contributed by atoms with Crippen molar-refractivity contribution in [3.05, 3.63) is 211 Å². The lowest BCUT2D eigenvalue weighted by molar-refractivity contribution is 0.443. The van der Waals surface area contributed by atoms with Crippen molar-refractivity contribution in [2.75, 3.05) is 4.90 Å². The van der Waals surface area contributed by atoms with Gasteiger partial charge in [-0.15, -0.1) is 0 Å². The van der Waals surface area contributed by atoms with Crippen LogP contribution in [0.15, 0.2) is 194 Å². The average Bonchev–Trinajstić information content (AvgIpc) is 3.53. The molecule has 0 spiro atoms. The summed E-state index contributed by atoms with van der Waals surface area (Å²) in [6.07, 6.45) is 6.75. The molecule has 2 aliphatic carbocycles. The molecule has 0 bridgehead atoms. The molecule has 0 N–H and O–H groups in total. The Kier molecular flexibility index (Phi) is 9.38. The normalized spacial score (nSPS) is 14.4. The molecular formula is C57H49N. The van der Waals surface area contributed by atoms with Gasteiger partial charge in [0, 0.05) is 22.5 Å². The highest BCUT2D eigenvalue weighted by atomic mass is 15.1. The van der Waals surface area contributed by atoms with Crippen LogP contribution in [0.4, 0.5) is 17.1 Å². The van der Waals surface area contributed by atoms with Crippen molar-refractivity contribution < 1.29 is 0 Å². The van der Waals surface area contributed by atoms with Gasteiger partial charge in [0.2, 0.25) is 0 Å². The number of hydrogen-bond acceptors (Lipinski definition) is 1. The van der Waals surface area contributed by atoms with Crippen LogP contribution >= 0.6 is 0 Å². The molecule has 8 aromatic rings. The molecule has 10 rings (SSSR count). The van der Waals surface area contributed by atoms with Crippen molar-refractivity contribution in [2.45, 2.75) is 57.3 Å². The molecule has 8 aromatic carbocycles. The van der Waals surface area contributed by atoms with E-state index in [1.54, 1.807) is 0 Å². The first kappa shape index (κ1) is 35.9. The highest BCUT2D eigenvalue weighted by Crippen LogP contribution is 2.53. The summed E-state index contributed by atoms with van der Waals surface area (Å²) < 4.78 is 0. The number of rotatable bonds is 8. The third-order valence-corrected chi connectivity index (χ3v) is 12.9. The molecule has 0 amide bonds. The third kappa shape index (κ3) is 6.55. The molecule has 0 aliphatic heterocycles. The van der Waals surface area contributed by atoms with Crippen molar-refractivity contribution >= 4 is 17.1 Å². The maximum atomic E-state index is 2.45. The van der Waals surface area contributed by atoms with E-state index in [1.807, 2.05) is 0 Å². The minimum Gasteiger partial charge on any atom is -0.310 e. The van der Waals surface area contributed by atoms with Gasteiger partial charge in [-0.2, -0.15) is 0 Å². The van der Waals surface area contributed by atoms with Gasteiger partial charge >= 0.3 is 0 Å². The summed E-state index contributed by atoms with van der Waals surface area (Å²) in [6, 6.07) is 71.9. The summed E-state index contributed by atoms with van der Waals surface area (Å²) in [6.45, 7) is 4.77. The maximum Gasteiger partial charge on any atom is 0.0465 e. The molecular weight excluding hydrogens is 699 g/mol. The van der Waals surface area contributed by atoms with Gasteiger partial charge in [0.1, 0.15) is 0 Å². The first-order valence-corrected chi connectivity index (χ1v) is 21.1. The van der Waals surface area contributed by atoms with E-state index >= 15 is 0 Å². The first-order chi connectivity index (χ1) is 28.5. The highest BCUT2D eigenvalue weighted by molar-refractivity contribution is 5.94. The number of hydrogen-bond donors (Lipinski definition) is 0. The molecule has 0 aromatic heterocycles. The minimum atomic E-state index is -0.157. The van der Waals surface area contributed by atoms with Crippen molar-refractivity contribution in [2.24, 2.45) is 0 Å². The molecule has 1 saturated carbocycles. The summed E-state index contributed by atoms with van der Waals surface area (Å²) in [7, 11) is 0. The number of anilines is 3. The van der Waals surface area contributed by atoms with Gasteiger partial charge < -0.3 is 4.90 Å². The summed E-state index contributed by atoms with van der Waals surface area (Å²) in [5, 5.41) is 0. The second-order valence-corrected chi connectivity index (χ2v) is 16.7. The van der Waals surface area contributed by atoms with E-state index in [9.17, 15) is 0 Å². The fourth-order valence-electron chi connectivity index (χ4n) is 9.80.